The van der Waals surface area contributed by atoms with Gasteiger partial charge in [0.15, 0.2) is 12.2 Å². The third-order valence-electron chi connectivity index (χ3n) is 14.5. The second-order valence-corrected chi connectivity index (χ2v) is 19.6. The highest BCUT2D eigenvalue weighted by Crippen LogP contribution is 2.49. The first-order valence-corrected chi connectivity index (χ1v) is 23.3. The van der Waals surface area contributed by atoms with Crippen LogP contribution in [0.4, 0.5) is 0 Å². The molecule has 2 N–H and O–H groups in total. The van der Waals surface area contributed by atoms with Crippen molar-refractivity contribution in [3.8, 4) is 0 Å². The van der Waals surface area contributed by atoms with Crippen LogP contribution in [0.3, 0.4) is 0 Å². The van der Waals surface area contributed by atoms with Gasteiger partial charge < -0.3 is 29.9 Å². The molecule has 0 radical (unpaired) electrons. The molecule has 1 aromatic carbocycles. The van der Waals surface area contributed by atoms with Crippen molar-refractivity contribution < 1.29 is 38.3 Å². The maximum Gasteiger partial charge on any atom is 0.338 e. The minimum Gasteiger partial charge on any atom is -0.458 e. The van der Waals surface area contributed by atoms with E-state index in [4.69, 9.17) is 19.1 Å². The molecule has 62 heavy (non-hydrogen) atoms. The molecule has 2 aliphatic heterocycles. The number of carbonyl (C=O) groups is 4. The average molecular weight is 873 g/mol. The van der Waals surface area contributed by atoms with Gasteiger partial charge in [-0.3, -0.25) is 19.3 Å². The van der Waals surface area contributed by atoms with E-state index in [1.807, 2.05) is 38.3 Å². The third-order valence-corrected chi connectivity index (χ3v) is 14.5. The molecule has 2 saturated heterocycles. The molecule has 354 valence electrons. The highest BCUT2D eigenvalue weighted by molar-refractivity contribution is 5.93. The third kappa shape index (κ3) is 12.6. The molecule has 0 bridgehead atoms. The smallest absolute Gasteiger partial charge is 0.338 e. The fourth-order valence-corrected chi connectivity index (χ4v) is 9.15. The van der Waals surface area contributed by atoms with Crippen LogP contribution in [0.25, 0.3) is 0 Å². The van der Waals surface area contributed by atoms with Crippen molar-refractivity contribution in [3.63, 3.8) is 0 Å². The van der Waals surface area contributed by atoms with Crippen LogP contribution in [0.15, 0.2) is 24.3 Å². The Balaban J connectivity index is 1.70. The van der Waals surface area contributed by atoms with Gasteiger partial charge in [0.25, 0.3) is 11.8 Å². The lowest BCUT2D eigenvalue weighted by atomic mass is 9.69. The number of nitrogens with zero attached hydrogens (tertiary/aromatic N) is 4. The van der Waals surface area contributed by atoms with Gasteiger partial charge in [-0.15, -0.1) is 0 Å². The number of hydrogen-bond donors (Lipinski definition) is 2. The Labute approximate surface area is 374 Å². The van der Waals surface area contributed by atoms with Crippen LogP contribution >= 0.6 is 0 Å². The zero-order valence-corrected chi connectivity index (χ0v) is 41.3. The minimum absolute atomic E-state index is 0.125. The van der Waals surface area contributed by atoms with E-state index in [1.165, 1.54) is 0 Å². The lowest BCUT2D eigenvalue weighted by molar-refractivity contribution is -0.328. The van der Waals surface area contributed by atoms with Crippen molar-refractivity contribution in [1.82, 2.24) is 30.6 Å². The van der Waals surface area contributed by atoms with E-state index in [-0.39, 0.29) is 23.7 Å². The molecule has 2 fully saturated rings. The predicted octanol–water partition coefficient (Wildman–Crippen LogP) is 6.87. The van der Waals surface area contributed by atoms with Crippen molar-refractivity contribution in [2.45, 2.75) is 181 Å². The van der Waals surface area contributed by atoms with E-state index < -0.39 is 58.5 Å². The van der Waals surface area contributed by atoms with Gasteiger partial charge in [-0.1, -0.05) is 41.5 Å². The first kappa shape index (κ1) is 53.2. The van der Waals surface area contributed by atoms with Crippen LogP contribution in [0.1, 0.15) is 155 Å². The molecule has 2 aliphatic rings. The van der Waals surface area contributed by atoms with Crippen LogP contribution in [0, 0.1) is 11.8 Å². The largest absolute Gasteiger partial charge is 0.458 e. The number of benzene rings is 1. The van der Waals surface area contributed by atoms with Crippen molar-refractivity contribution in [2.75, 3.05) is 54.4 Å². The number of amides is 2. The highest BCUT2D eigenvalue weighted by atomic mass is 16.7. The predicted molar refractivity (Wildman–Crippen MR) is 244 cm³/mol. The maximum absolute atomic E-state index is 13.8. The normalized spacial score (nSPS) is 30.5. The first-order valence-electron chi connectivity index (χ1n) is 23.3. The molecule has 14 nitrogen and oxygen atoms in total. The van der Waals surface area contributed by atoms with Gasteiger partial charge in [-0.05, 0) is 146 Å². The molecule has 1 aromatic rings. The lowest BCUT2D eigenvalue weighted by Crippen LogP contribution is -2.69. The Kier molecular flexibility index (Phi) is 19.4. The SMILES string of the molecule is CCC1(C)CC(OC(=O)c2ccc(C(=O)OC3CC(C)(CC)N(OC(C)C(=O)NCCCN(C)C)C(C)(CC)C3C)cc2)C(C)C(C)(CC)N1OC(C)C(=O)NCCCN(C)C. The summed E-state index contributed by atoms with van der Waals surface area (Å²) in [4.78, 5) is 71.0. The summed E-state index contributed by atoms with van der Waals surface area (Å²) in [5.74, 6) is -1.49. The van der Waals surface area contributed by atoms with Crippen molar-refractivity contribution in [3.05, 3.63) is 35.4 Å². The molecule has 0 aliphatic carbocycles. The molecule has 2 heterocycles. The lowest BCUT2D eigenvalue weighted by Gasteiger charge is -2.59. The van der Waals surface area contributed by atoms with Crippen molar-refractivity contribution >= 4 is 23.8 Å². The highest BCUT2D eigenvalue weighted by Gasteiger charge is 2.57. The molecule has 10 atom stereocenters. The molecule has 0 aromatic heterocycles. The summed E-state index contributed by atoms with van der Waals surface area (Å²) in [7, 11) is 8.04. The monoisotopic (exact) mass is 873 g/mol. The van der Waals surface area contributed by atoms with Crippen LogP contribution < -0.4 is 10.6 Å². The molecular weight excluding hydrogens is 789 g/mol. The van der Waals surface area contributed by atoms with Crippen LogP contribution in [-0.2, 0) is 28.7 Å². The number of rotatable bonds is 22. The van der Waals surface area contributed by atoms with E-state index in [0.717, 1.165) is 25.9 Å². The Hall–Kier alpha value is -3.14. The van der Waals surface area contributed by atoms with E-state index in [9.17, 15) is 19.2 Å². The molecule has 10 unspecified atom stereocenters. The van der Waals surface area contributed by atoms with Gasteiger partial charge >= 0.3 is 11.9 Å². The molecular formula is C48H84N6O8. The summed E-state index contributed by atoms with van der Waals surface area (Å²) in [5.41, 5.74) is -1.43. The topological polar surface area (TPSA) is 142 Å². The maximum atomic E-state index is 13.8. The first-order chi connectivity index (χ1) is 29.0. The van der Waals surface area contributed by atoms with E-state index in [1.54, 1.807) is 38.1 Å². The standard InChI is InChI=1S/C48H84N6O8/c1-17-45(9)31-39(33(5)47(11,19-3)53(45)61-35(7)41(55)49-27-21-29-51(13)14)59-43(57)37-23-25-38(26-24-37)44(58)60-40-32-46(10,18-2)54(48(12,20-4)34(40)6)62-36(8)42(56)50-28-22-30-52(15)16/h23-26,33-36,39-40H,17-22,27-32H2,1-16H3,(H,49,55)(H,50,56). The second kappa shape index (κ2) is 22.7. The number of esters is 2. The number of piperidine rings is 2. The number of nitrogens with one attached hydrogen (secondary N) is 2. The van der Waals surface area contributed by atoms with Gasteiger partial charge in [0, 0.05) is 59.9 Å². The van der Waals surface area contributed by atoms with Crippen LogP contribution in [-0.4, -0.2) is 145 Å². The fourth-order valence-electron chi connectivity index (χ4n) is 9.15. The summed E-state index contributed by atoms with van der Waals surface area (Å²) in [6, 6.07) is 6.49. The van der Waals surface area contributed by atoms with Gasteiger partial charge in [-0.2, -0.15) is 10.1 Å². The number of carbonyl (C=O) groups excluding carboxylic acids is 4. The molecule has 14 heteroatoms. The quantitative estimate of drug-likeness (QED) is 0.0928. The van der Waals surface area contributed by atoms with Gasteiger partial charge in [0.2, 0.25) is 0 Å². The molecule has 3 rings (SSSR count). The Morgan fingerprint density at radius 2 is 0.952 bits per heavy atom. The minimum atomic E-state index is -0.698. The summed E-state index contributed by atoms with van der Waals surface area (Å²) in [5, 5.41) is 10.0. The summed E-state index contributed by atoms with van der Waals surface area (Å²) in [6.45, 7) is 27.4. The zero-order chi connectivity index (χ0) is 46.8. The Morgan fingerprint density at radius 3 is 1.23 bits per heavy atom. The van der Waals surface area contributed by atoms with E-state index in [2.05, 4.69) is 89.7 Å². The number of hydroxylamine groups is 4. The van der Waals surface area contributed by atoms with E-state index >= 15 is 0 Å². The Bertz CT molecular complexity index is 1510. The molecule has 0 saturated carbocycles. The van der Waals surface area contributed by atoms with Gasteiger partial charge in [0.05, 0.1) is 11.1 Å². The van der Waals surface area contributed by atoms with E-state index in [0.29, 0.717) is 62.7 Å². The van der Waals surface area contributed by atoms with Crippen LogP contribution in [0.5, 0.6) is 0 Å². The van der Waals surface area contributed by atoms with Gasteiger partial charge in [-0.25, -0.2) is 9.59 Å². The van der Waals surface area contributed by atoms with Crippen LogP contribution in [0.2, 0.25) is 0 Å². The summed E-state index contributed by atoms with van der Waals surface area (Å²) in [6.07, 6.45) is 3.34. The van der Waals surface area contributed by atoms with Gasteiger partial charge in [0.1, 0.15) is 12.2 Å². The second-order valence-electron chi connectivity index (χ2n) is 19.6. The fraction of sp³-hybridized carbons (Fsp3) is 0.792. The summed E-state index contributed by atoms with van der Waals surface area (Å²) < 4.78 is 12.6. The number of ether oxygens (including phenoxy) is 2. The molecule has 0 spiro atoms. The summed E-state index contributed by atoms with van der Waals surface area (Å²) >= 11 is 0. The zero-order valence-electron chi connectivity index (χ0n) is 41.3. The van der Waals surface area contributed by atoms with Crippen molar-refractivity contribution in [2.24, 2.45) is 11.8 Å². The van der Waals surface area contributed by atoms with Crippen molar-refractivity contribution in [1.29, 1.82) is 0 Å². The number of hydrogen-bond acceptors (Lipinski definition) is 12. The average Bonchev–Trinajstić information content (AvgIpc) is 3.24. The molecule has 2 amide bonds. The Morgan fingerprint density at radius 1 is 0.629 bits per heavy atom.